The van der Waals surface area contributed by atoms with Gasteiger partial charge in [0.15, 0.2) is 5.82 Å². The molecule has 35 heavy (non-hydrogen) atoms. The number of benzene rings is 1. The van der Waals surface area contributed by atoms with Crippen LogP contribution in [0.4, 0.5) is 15.9 Å². The Bertz CT molecular complexity index is 1090. The fraction of sp³-hybridized carbons (Fsp3) is 0.400. The number of rotatable bonds is 9. The lowest BCUT2D eigenvalue weighted by atomic mass is 10.1. The van der Waals surface area contributed by atoms with E-state index < -0.39 is 5.83 Å². The Kier molecular flexibility index (Phi) is 9.11. The molecule has 1 fully saturated rings. The zero-order valence-corrected chi connectivity index (χ0v) is 21.5. The number of likely N-dealkylation sites (tertiary alicyclic amines) is 1. The Morgan fingerprint density at radius 3 is 2.46 bits per heavy atom. The maximum Gasteiger partial charge on any atom is 0.228 e. The molecule has 1 aromatic heterocycles. The lowest BCUT2D eigenvalue weighted by molar-refractivity contribution is 0.0812. The number of anilines is 2. The van der Waals surface area contributed by atoms with E-state index in [2.05, 4.69) is 33.4 Å². The molecule has 1 aromatic carbocycles. The second-order valence-corrected chi connectivity index (χ2v) is 9.48. The summed E-state index contributed by atoms with van der Waals surface area (Å²) in [6.07, 6.45) is 4.36. The summed E-state index contributed by atoms with van der Waals surface area (Å²) in [4.78, 5) is 11.8. The van der Waals surface area contributed by atoms with E-state index in [4.69, 9.17) is 21.6 Å². The first-order valence-electron chi connectivity index (χ1n) is 11.6. The van der Waals surface area contributed by atoms with Gasteiger partial charge in [0.05, 0.1) is 10.5 Å². The number of nitrogens with one attached hydrogen (secondary N) is 2. The third kappa shape index (κ3) is 6.73. The summed E-state index contributed by atoms with van der Waals surface area (Å²) >= 11 is 1.08. The van der Waals surface area contributed by atoms with E-state index in [1.165, 1.54) is 12.3 Å². The van der Waals surface area contributed by atoms with Crippen molar-refractivity contribution in [2.45, 2.75) is 52.7 Å². The molecule has 0 amide bonds. The van der Waals surface area contributed by atoms with E-state index in [0.29, 0.717) is 28.2 Å². The van der Waals surface area contributed by atoms with Gasteiger partial charge < -0.3 is 31.2 Å². The lowest BCUT2D eigenvalue weighted by Crippen LogP contribution is -2.42. The van der Waals surface area contributed by atoms with Gasteiger partial charge in [-0.3, -0.25) is 0 Å². The van der Waals surface area contributed by atoms with Gasteiger partial charge in [-0.15, -0.1) is 0 Å². The quantitative estimate of drug-likeness (QED) is 0.213. The molecule has 0 unspecified atom stereocenters. The molecule has 10 heteroatoms. The predicted octanol–water partition coefficient (Wildman–Crippen LogP) is 5.10. The number of aromatic nitrogens is 2. The van der Waals surface area contributed by atoms with Crippen molar-refractivity contribution in [2.24, 2.45) is 5.73 Å². The van der Waals surface area contributed by atoms with Crippen LogP contribution in [0.1, 0.15) is 46.1 Å². The Morgan fingerprint density at radius 2 is 1.91 bits per heavy atom. The average Bonchev–Trinajstić information content (AvgIpc) is 2.84. The second-order valence-electron chi connectivity index (χ2n) is 8.63. The molecule has 0 radical (unpaired) electrons. The molecule has 0 bridgehead atoms. The summed E-state index contributed by atoms with van der Waals surface area (Å²) in [5.41, 5.74) is 13.9. The molecule has 1 aliphatic heterocycles. The minimum absolute atomic E-state index is 0.0104. The van der Waals surface area contributed by atoms with E-state index in [1.54, 1.807) is 13.8 Å². The normalized spacial score (nSPS) is 15.9. The summed E-state index contributed by atoms with van der Waals surface area (Å²) in [7, 11) is 0. The van der Waals surface area contributed by atoms with Crippen LogP contribution in [0, 0.1) is 5.41 Å². The van der Waals surface area contributed by atoms with Crippen molar-refractivity contribution in [2.75, 3.05) is 23.5 Å². The number of ether oxygens (including phenoxy) is 1. The van der Waals surface area contributed by atoms with E-state index in [9.17, 15) is 4.39 Å². The maximum atomic E-state index is 13.8. The number of allylic oxidation sites excluding steroid dienone is 2. The van der Waals surface area contributed by atoms with Crippen LogP contribution in [0.3, 0.4) is 0 Å². The Labute approximate surface area is 210 Å². The summed E-state index contributed by atoms with van der Waals surface area (Å²) in [6, 6.07) is 7.87. The molecule has 6 N–H and O–H groups in total. The standard InChI is InChI=1S/C25H34FN7OS/c1-5-20(26)21(14-27)35-32-18-8-6-17(7-9-18)24-30-23(29)22(16(4)28)25(31-24)34-19-10-12-33(13-11-19)15(2)3/h5-9,14-15,19,28,32H,10-13,27H2,1-4H3,(H2,29,30,31)/b20-5+,21-14+,28-16?. The third-order valence-corrected chi connectivity index (χ3v) is 6.71. The van der Waals surface area contributed by atoms with Gasteiger partial charge in [-0.05, 0) is 76.7 Å². The average molecular weight is 500 g/mol. The predicted molar refractivity (Wildman–Crippen MR) is 143 cm³/mol. The van der Waals surface area contributed by atoms with Gasteiger partial charge in [0.1, 0.15) is 17.7 Å². The Morgan fingerprint density at radius 1 is 1.26 bits per heavy atom. The third-order valence-electron chi connectivity index (χ3n) is 5.83. The van der Waals surface area contributed by atoms with Crippen molar-refractivity contribution in [3.63, 3.8) is 0 Å². The van der Waals surface area contributed by atoms with Crippen LogP contribution in [0.25, 0.3) is 11.4 Å². The Hall–Kier alpha value is -3.11. The SMILES string of the molecule is C/C=C(F)\C(=C/N)SNc1ccc(-c2nc(N)c(C(C)=N)c(OC3CCN(C(C)C)CC3)n2)cc1. The first-order valence-corrected chi connectivity index (χ1v) is 12.5. The molecule has 1 aliphatic rings. The molecule has 1 saturated heterocycles. The van der Waals surface area contributed by atoms with E-state index >= 15 is 0 Å². The molecular formula is C25H34FN7OS. The van der Waals surface area contributed by atoms with Crippen LogP contribution in [-0.2, 0) is 0 Å². The van der Waals surface area contributed by atoms with Crippen LogP contribution in [-0.4, -0.2) is 45.8 Å². The molecular weight excluding hydrogens is 465 g/mol. The Balaban J connectivity index is 1.78. The van der Waals surface area contributed by atoms with Gasteiger partial charge in [0, 0.05) is 42.3 Å². The van der Waals surface area contributed by atoms with Gasteiger partial charge in [0.25, 0.3) is 0 Å². The highest BCUT2D eigenvalue weighted by atomic mass is 32.2. The van der Waals surface area contributed by atoms with Gasteiger partial charge in [-0.1, -0.05) is 6.08 Å². The van der Waals surface area contributed by atoms with Gasteiger partial charge >= 0.3 is 0 Å². The fourth-order valence-corrected chi connectivity index (χ4v) is 4.44. The lowest BCUT2D eigenvalue weighted by Gasteiger charge is -2.34. The number of piperidine rings is 1. The molecule has 8 nitrogen and oxygen atoms in total. The topological polar surface area (TPSA) is 126 Å². The van der Waals surface area contributed by atoms with Crippen LogP contribution in [0.15, 0.2) is 47.3 Å². The highest BCUT2D eigenvalue weighted by molar-refractivity contribution is 8.04. The smallest absolute Gasteiger partial charge is 0.228 e. The molecule has 2 heterocycles. The van der Waals surface area contributed by atoms with E-state index in [1.807, 2.05) is 24.3 Å². The number of hydrogen-bond acceptors (Lipinski definition) is 9. The van der Waals surface area contributed by atoms with E-state index in [-0.39, 0.29) is 17.6 Å². The minimum Gasteiger partial charge on any atom is -0.474 e. The number of nitrogens with two attached hydrogens (primary N) is 2. The van der Waals surface area contributed by atoms with Gasteiger partial charge in [-0.2, -0.15) is 4.98 Å². The van der Waals surface area contributed by atoms with Crippen molar-refractivity contribution < 1.29 is 9.13 Å². The van der Waals surface area contributed by atoms with E-state index in [0.717, 1.165) is 49.1 Å². The van der Waals surface area contributed by atoms with Crippen LogP contribution < -0.4 is 20.9 Å². The number of nitrogen functional groups attached to an aromatic ring is 1. The van der Waals surface area contributed by atoms with Crippen LogP contribution >= 0.6 is 11.9 Å². The molecule has 0 spiro atoms. The van der Waals surface area contributed by atoms with Gasteiger partial charge in [-0.25, -0.2) is 9.37 Å². The number of halogens is 1. The fourth-order valence-electron chi connectivity index (χ4n) is 3.80. The molecule has 2 aromatic rings. The van der Waals surface area contributed by atoms with Crippen molar-refractivity contribution >= 4 is 29.2 Å². The molecule has 0 atom stereocenters. The van der Waals surface area contributed by atoms with Crippen molar-refractivity contribution in [1.29, 1.82) is 5.41 Å². The van der Waals surface area contributed by atoms with Crippen molar-refractivity contribution in [3.8, 4) is 17.3 Å². The molecule has 3 rings (SSSR count). The van der Waals surface area contributed by atoms with Crippen molar-refractivity contribution in [1.82, 2.24) is 14.9 Å². The number of nitrogens with zero attached hydrogens (tertiary/aromatic N) is 3. The van der Waals surface area contributed by atoms with Crippen molar-refractivity contribution in [3.05, 3.63) is 52.8 Å². The summed E-state index contributed by atoms with van der Waals surface area (Å²) in [6.45, 7) is 9.57. The maximum absolute atomic E-state index is 13.8. The highest BCUT2D eigenvalue weighted by Crippen LogP contribution is 2.30. The first-order chi connectivity index (χ1) is 16.7. The zero-order valence-electron chi connectivity index (χ0n) is 20.6. The van der Waals surface area contributed by atoms with Gasteiger partial charge in [0.2, 0.25) is 5.88 Å². The largest absolute Gasteiger partial charge is 0.474 e. The molecule has 188 valence electrons. The second kappa shape index (κ2) is 12.0. The summed E-state index contributed by atoms with van der Waals surface area (Å²) in [5, 5.41) is 8.16. The summed E-state index contributed by atoms with van der Waals surface area (Å²) in [5.74, 6) is 0.591. The summed E-state index contributed by atoms with van der Waals surface area (Å²) < 4.78 is 23.1. The number of hydrogen-bond donors (Lipinski definition) is 4. The monoisotopic (exact) mass is 499 g/mol. The zero-order chi connectivity index (χ0) is 25.5. The van der Waals surface area contributed by atoms with Crippen LogP contribution in [0.5, 0.6) is 5.88 Å². The highest BCUT2D eigenvalue weighted by Gasteiger charge is 2.25. The van der Waals surface area contributed by atoms with Crippen LogP contribution in [0.2, 0.25) is 0 Å². The molecule has 0 aliphatic carbocycles. The minimum atomic E-state index is -0.394. The molecule has 0 saturated carbocycles. The first kappa shape index (κ1) is 26.5.